The number of nitrogens with zero attached hydrogens (tertiary/aromatic N) is 1. The van der Waals surface area contributed by atoms with E-state index < -0.39 is 5.76 Å². The molecule has 0 saturated carbocycles. The van der Waals surface area contributed by atoms with Gasteiger partial charge in [0.25, 0.3) is 0 Å². The highest BCUT2D eigenvalue weighted by molar-refractivity contribution is 6.31. The van der Waals surface area contributed by atoms with Crippen molar-refractivity contribution in [2.75, 3.05) is 0 Å². The van der Waals surface area contributed by atoms with Gasteiger partial charge in [-0.15, -0.1) is 0 Å². The lowest BCUT2D eigenvalue weighted by molar-refractivity contribution is 0.382. The summed E-state index contributed by atoms with van der Waals surface area (Å²) in [6.07, 6.45) is 0.464. The van der Waals surface area contributed by atoms with Crippen molar-refractivity contribution in [2.24, 2.45) is 0 Å². The van der Waals surface area contributed by atoms with Gasteiger partial charge in [-0.3, -0.25) is 9.51 Å². The van der Waals surface area contributed by atoms with Gasteiger partial charge in [0, 0.05) is 11.4 Å². The number of nitrogens with one attached hydrogen (secondary N) is 1. The minimum absolute atomic E-state index is 0.464. The summed E-state index contributed by atoms with van der Waals surface area (Å²) in [4.78, 5) is 13.1. The molecular weight excluding hydrogens is 204 g/mol. The molecule has 72 valence electrons. The minimum atomic E-state index is -0.549. The molecule has 0 bridgehead atoms. The van der Waals surface area contributed by atoms with E-state index in [4.69, 9.17) is 11.6 Å². The van der Waals surface area contributed by atoms with Crippen LogP contribution in [0.1, 0.15) is 11.4 Å². The molecular formula is C9H7ClN2O2. The fraction of sp³-hybridized carbons (Fsp3) is 0.111. The van der Waals surface area contributed by atoms with Crippen molar-refractivity contribution >= 4 is 11.6 Å². The van der Waals surface area contributed by atoms with Gasteiger partial charge in [0.15, 0.2) is 5.82 Å². The maximum absolute atomic E-state index is 10.6. The van der Waals surface area contributed by atoms with Crippen LogP contribution in [0.5, 0.6) is 0 Å². The Balaban J connectivity index is 2.27. The molecule has 0 atom stereocenters. The second-order valence-electron chi connectivity index (χ2n) is 2.81. The molecule has 5 heteroatoms. The number of aromatic nitrogens is 2. The van der Waals surface area contributed by atoms with Crippen LogP contribution in [-0.4, -0.2) is 10.1 Å². The second kappa shape index (κ2) is 3.67. The topological polar surface area (TPSA) is 58.9 Å². The first-order chi connectivity index (χ1) is 6.75. The molecule has 1 aromatic carbocycles. The van der Waals surface area contributed by atoms with E-state index in [0.717, 1.165) is 5.56 Å². The maximum atomic E-state index is 10.6. The summed E-state index contributed by atoms with van der Waals surface area (Å²) >= 11 is 5.93. The van der Waals surface area contributed by atoms with Crippen LogP contribution in [0.25, 0.3) is 0 Å². The van der Waals surface area contributed by atoms with Gasteiger partial charge in [0.05, 0.1) is 0 Å². The van der Waals surface area contributed by atoms with Crippen LogP contribution in [0, 0.1) is 0 Å². The molecule has 14 heavy (non-hydrogen) atoms. The monoisotopic (exact) mass is 210 g/mol. The summed E-state index contributed by atoms with van der Waals surface area (Å²) < 4.78 is 4.37. The lowest BCUT2D eigenvalue weighted by Gasteiger charge is -1.98. The predicted molar refractivity (Wildman–Crippen MR) is 51.4 cm³/mol. The van der Waals surface area contributed by atoms with Crippen LogP contribution in [0.2, 0.25) is 5.02 Å². The molecule has 1 heterocycles. The van der Waals surface area contributed by atoms with E-state index in [1.165, 1.54) is 0 Å². The number of H-pyrrole nitrogens is 1. The van der Waals surface area contributed by atoms with E-state index in [1.807, 2.05) is 18.2 Å². The molecule has 4 nitrogen and oxygen atoms in total. The summed E-state index contributed by atoms with van der Waals surface area (Å²) in [5, 5.41) is 4.20. The molecule has 2 aromatic rings. The molecule has 0 aliphatic carbocycles. The van der Waals surface area contributed by atoms with Crippen LogP contribution in [-0.2, 0) is 6.42 Å². The minimum Gasteiger partial charge on any atom is -0.296 e. The standard InChI is InChI=1S/C9H7ClN2O2/c10-7-4-2-1-3-6(7)5-8-11-9(13)14-12-8/h1-4H,5H2,(H,11,12,13). The molecule has 0 unspecified atom stereocenters. The number of halogens is 1. The van der Waals surface area contributed by atoms with E-state index in [1.54, 1.807) is 6.07 Å². The third kappa shape index (κ3) is 1.85. The quantitative estimate of drug-likeness (QED) is 0.819. The van der Waals surface area contributed by atoms with Crippen molar-refractivity contribution in [3.63, 3.8) is 0 Å². The van der Waals surface area contributed by atoms with Crippen molar-refractivity contribution < 1.29 is 4.52 Å². The van der Waals surface area contributed by atoms with Gasteiger partial charge in [-0.05, 0) is 11.6 Å². The number of aromatic amines is 1. The Kier molecular flexibility index (Phi) is 2.37. The Morgan fingerprint density at radius 1 is 1.43 bits per heavy atom. The maximum Gasteiger partial charge on any atom is 0.438 e. The smallest absolute Gasteiger partial charge is 0.296 e. The molecule has 1 N–H and O–H groups in total. The van der Waals surface area contributed by atoms with Crippen LogP contribution in [0.3, 0.4) is 0 Å². The third-order valence-corrected chi connectivity index (χ3v) is 2.17. The summed E-state index contributed by atoms with van der Waals surface area (Å²) in [7, 11) is 0. The molecule has 0 saturated heterocycles. The first-order valence-corrected chi connectivity index (χ1v) is 4.42. The predicted octanol–water partition coefficient (Wildman–Crippen LogP) is 1.61. The average molecular weight is 211 g/mol. The first-order valence-electron chi connectivity index (χ1n) is 4.04. The van der Waals surface area contributed by atoms with E-state index in [-0.39, 0.29) is 0 Å². The lowest BCUT2D eigenvalue weighted by Crippen LogP contribution is -1.98. The first kappa shape index (κ1) is 9.02. The number of hydrogen-bond donors (Lipinski definition) is 1. The van der Waals surface area contributed by atoms with E-state index in [0.29, 0.717) is 17.3 Å². The third-order valence-electron chi connectivity index (χ3n) is 1.80. The molecule has 0 amide bonds. The molecule has 0 aliphatic heterocycles. The Hall–Kier alpha value is -1.55. The van der Waals surface area contributed by atoms with Gasteiger partial charge >= 0.3 is 5.76 Å². The lowest BCUT2D eigenvalue weighted by atomic mass is 10.1. The molecule has 0 radical (unpaired) electrons. The van der Waals surface area contributed by atoms with E-state index in [2.05, 4.69) is 14.7 Å². The largest absolute Gasteiger partial charge is 0.438 e. The van der Waals surface area contributed by atoms with Gasteiger partial charge in [0.2, 0.25) is 0 Å². The van der Waals surface area contributed by atoms with E-state index in [9.17, 15) is 4.79 Å². The number of rotatable bonds is 2. The van der Waals surface area contributed by atoms with Gasteiger partial charge in [0.1, 0.15) is 0 Å². The number of hydrogen-bond acceptors (Lipinski definition) is 3. The van der Waals surface area contributed by atoms with Gasteiger partial charge in [-0.1, -0.05) is 35.0 Å². The Morgan fingerprint density at radius 2 is 2.21 bits per heavy atom. The highest BCUT2D eigenvalue weighted by Crippen LogP contribution is 2.16. The summed E-state index contributed by atoms with van der Waals surface area (Å²) in [6.45, 7) is 0. The van der Waals surface area contributed by atoms with Crippen molar-refractivity contribution in [3.8, 4) is 0 Å². The summed E-state index contributed by atoms with van der Waals surface area (Å²) in [6, 6.07) is 7.38. The van der Waals surface area contributed by atoms with Crippen molar-refractivity contribution in [2.45, 2.75) is 6.42 Å². The summed E-state index contributed by atoms with van der Waals surface area (Å²) in [5.41, 5.74) is 0.902. The molecule has 0 fully saturated rings. The fourth-order valence-electron chi connectivity index (χ4n) is 1.16. The zero-order chi connectivity index (χ0) is 9.97. The zero-order valence-electron chi connectivity index (χ0n) is 7.16. The highest BCUT2D eigenvalue weighted by Gasteiger charge is 2.04. The Labute approximate surface area is 84.5 Å². The van der Waals surface area contributed by atoms with Gasteiger partial charge in [-0.25, -0.2) is 4.79 Å². The van der Waals surface area contributed by atoms with Crippen molar-refractivity contribution in [3.05, 3.63) is 51.2 Å². The second-order valence-corrected chi connectivity index (χ2v) is 3.22. The summed E-state index contributed by atoms with van der Waals surface area (Å²) in [5.74, 6) is -0.0739. The fourth-order valence-corrected chi connectivity index (χ4v) is 1.36. The van der Waals surface area contributed by atoms with E-state index >= 15 is 0 Å². The SMILES string of the molecule is O=c1[nH]c(Cc2ccccc2Cl)no1. The normalized spacial score (nSPS) is 10.4. The highest BCUT2D eigenvalue weighted by atomic mass is 35.5. The Morgan fingerprint density at radius 3 is 2.86 bits per heavy atom. The molecule has 0 aliphatic rings. The van der Waals surface area contributed by atoms with Crippen LogP contribution < -0.4 is 5.76 Å². The molecule has 0 spiro atoms. The zero-order valence-corrected chi connectivity index (χ0v) is 7.91. The average Bonchev–Trinajstić information content (AvgIpc) is 2.56. The molecule has 2 rings (SSSR count). The van der Waals surface area contributed by atoms with Crippen LogP contribution >= 0.6 is 11.6 Å². The van der Waals surface area contributed by atoms with Gasteiger partial charge in [-0.2, -0.15) is 0 Å². The number of benzene rings is 1. The van der Waals surface area contributed by atoms with Crippen molar-refractivity contribution in [1.82, 2.24) is 10.1 Å². The van der Waals surface area contributed by atoms with Crippen LogP contribution in [0.4, 0.5) is 0 Å². The van der Waals surface area contributed by atoms with Crippen molar-refractivity contribution in [1.29, 1.82) is 0 Å². The van der Waals surface area contributed by atoms with Gasteiger partial charge < -0.3 is 0 Å². The Bertz CT molecular complexity index is 489. The molecule has 1 aromatic heterocycles. The van der Waals surface area contributed by atoms with Crippen LogP contribution in [0.15, 0.2) is 33.6 Å².